The van der Waals surface area contributed by atoms with E-state index in [-0.39, 0.29) is 5.56 Å². The Morgan fingerprint density at radius 3 is 2.70 bits per heavy atom. The van der Waals surface area contributed by atoms with Gasteiger partial charge in [-0.2, -0.15) is 5.10 Å². The van der Waals surface area contributed by atoms with E-state index in [0.29, 0.717) is 11.8 Å². The first-order chi connectivity index (χ1) is 11.3. The fourth-order valence-electron chi connectivity index (χ4n) is 3.29. The molecule has 1 saturated heterocycles. The number of rotatable bonds is 5. The van der Waals surface area contributed by atoms with Crippen LogP contribution in [0.1, 0.15) is 43.2 Å². The molecule has 0 amide bonds. The first-order valence-corrected chi connectivity index (χ1v) is 8.47. The van der Waals surface area contributed by atoms with Crippen LogP contribution in [0.5, 0.6) is 0 Å². The number of piperidine rings is 1. The molecule has 6 heteroatoms. The Hall–Kier alpha value is -1.95. The molecule has 2 aliphatic rings. The summed E-state index contributed by atoms with van der Waals surface area (Å²) in [6, 6.07) is 3.58. The second kappa shape index (κ2) is 6.28. The van der Waals surface area contributed by atoms with Gasteiger partial charge >= 0.3 is 0 Å². The molecular formula is C17H22N4O2. The number of nitrogens with zero attached hydrogens (tertiary/aromatic N) is 4. The van der Waals surface area contributed by atoms with Gasteiger partial charge < -0.3 is 4.42 Å². The maximum atomic E-state index is 12.0. The number of likely N-dealkylation sites (tertiary alicyclic amines) is 1. The third-order valence-electron chi connectivity index (χ3n) is 4.86. The lowest BCUT2D eigenvalue weighted by molar-refractivity contribution is 0.152. The molecule has 122 valence electrons. The summed E-state index contributed by atoms with van der Waals surface area (Å²) in [5, 5.41) is 4.57. The molecule has 2 aromatic rings. The van der Waals surface area contributed by atoms with E-state index >= 15 is 0 Å². The van der Waals surface area contributed by atoms with E-state index in [2.05, 4.69) is 15.0 Å². The minimum absolute atomic E-state index is 0.0246. The molecule has 1 aliphatic carbocycles. The van der Waals surface area contributed by atoms with E-state index in [0.717, 1.165) is 50.6 Å². The zero-order valence-corrected chi connectivity index (χ0v) is 13.2. The smallest absolute Gasteiger partial charge is 0.266 e. The van der Waals surface area contributed by atoms with Gasteiger partial charge in [0.1, 0.15) is 6.26 Å². The second-order valence-corrected chi connectivity index (χ2v) is 6.70. The predicted molar refractivity (Wildman–Crippen MR) is 85.0 cm³/mol. The third kappa shape index (κ3) is 3.52. The minimum atomic E-state index is 0.0246. The van der Waals surface area contributed by atoms with Gasteiger partial charge in [-0.15, -0.1) is 0 Å². The van der Waals surface area contributed by atoms with Gasteiger partial charge in [-0.3, -0.25) is 9.69 Å². The van der Waals surface area contributed by atoms with Gasteiger partial charge in [0.05, 0.1) is 18.4 Å². The Morgan fingerprint density at radius 1 is 1.17 bits per heavy atom. The Kier molecular flexibility index (Phi) is 3.99. The van der Waals surface area contributed by atoms with Crippen LogP contribution in [0.2, 0.25) is 0 Å². The van der Waals surface area contributed by atoms with E-state index in [9.17, 15) is 4.79 Å². The average molecular weight is 314 g/mol. The van der Waals surface area contributed by atoms with Crippen molar-refractivity contribution in [2.24, 2.45) is 5.92 Å². The minimum Gasteiger partial charge on any atom is -0.448 e. The standard InChI is InChI=1S/C17H22N4O2/c22-17-4-3-15(14-1-2-14)19-21(17)11-13-5-8-20(9-6-13)12-16-18-7-10-23-16/h3-4,7,10,13-14H,1-2,5-6,8-9,11-12H2. The quantitative estimate of drug-likeness (QED) is 0.845. The van der Waals surface area contributed by atoms with Crippen molar-refractivity contribution in [3.05, 3.63) is 46.5 Å². The molecule has 3 heterocycles. The van der Waals surface area contributed by atoms with E-state index in [1.165, 1.54) is 12.8 Å². The van der Waals surface area contributed by atoms with Gasteiger partial charge in [-0.1, -0.05) is 0 Å². The van der Waals surface area contributed by atoms with Crippen LogP contribution in [0, 0.1) is 5.92 Å². The maximum Gasteiger partial charge on any atom is 0.266 e. The highest BCUT2D eigenvalue weighted by atomic mass is 16.3. The molecule has 0 aromatic carbocycles. The summed E-state index contributed by atoms with van der Waals surface area (Å²) in [4.78, 5) is 18.6. The third-order valence-corrected chi connectivity index (χ3v) is 4.86. The van der Waals surface area contributed by atoms with Crippen LogP contribution in [0.15, 0.2) is 33.8 Å². The summed E-state index contributed by atoms with van der Waals surface area (Å²) < 4.78 is 6.99. The molecule has 1 saturated carbocycles. The largest absolute Gasteiger partial charge is 0.448 e. The normalized spacial score (nSPS) is 20.0. The van der Waals surface area contributed by atoms with Crippen molar-refractivity contribution in [2.45, 2.75) is 44.7 Å². The van der Waals surface area contributed by atoms with Crippen LogP contribution in [-0.2, 0) is 13.1 Å². The molecule has 0 spiro atoms. The van der Waals surface area contributed by atoms with Gasteiger partial charge in [0.25, 0.3) is 5.56 Å². The zero-order valence-electron chi connectivity index (χ0n) is 13.2. The monoisotopic (exact) mass is 314 g/mol. The van der Waals surface area contributed by atoms with Crippen molar-refractivity contribution in [1.82, 2.24) is 19.7 Å². The van der Waals surface area contributed by atoms with Crippen molar-refractivity contribution >= 4 is 0 Å². The van der Waals surface area contributed by atoms with Gasteiger partial charge in [0.2, 0.25) is 5.89 Å². The summed E-state index contributed by atoms with van der Waals surface area (Å²) in [5.74, 6) is 1.89. The Balaban J connectivity index is 1.34. The Bertz CT molecular complexity index is 698. The highest BCUT2D eigenvalue weighted by Gasteiger charge is 2.26. The molecule has 0 unspecified atom stereocenters. The van der Waals surface area contributed by atoms with E-state index in [1.807, 2.05) is 6.07 Å². The molecule has 6 nitrogen and oxygen atoms in total. The first-order valence-electron chi connectivity index (χ1n) is 8.47. The van der Waals surface area contributed by atoms with Crippen LogP contribution in [-0.4, -0.2) is 32.8 Å². The van der Waals surface area contributed by atoms with E-state index < -0.39 is 0 Å². The number of oxazole rings is 1. The van der Waals surface area contributed by atoms with Crippen molar-refractivity contribution in [3.8, 4) is 0 Å². The van der Waals surface area contributed by atoms with Gasteiger partial charge in [0.15, 0.2) is 0 Å². The summed E-state index contributed by atoms with van der Waals surface area (Å²) in [6.07, 6.45) is 7.90. The van der Waals surface area contributed by atoms with Crippen molar-refractivity contribution in [3.63, 3.8) is 0 Å². The zero-order chi connectivity index (χ0) is 15.6. The van der Waals surface area contributed by atoms with Crippen LogP contribution in [0.3, 0.4) is 0 Å². The van der Waals surface area contributed by atoms with Gasteiger partial charge in [-0.05, 0) is 50.8 Å². The van der Waals surface area contributed by atoms with Gasteiger partial charge in [0, 0.05) is 18.5 Å². The second-order valence-electron chi connectivity index (χ2n) is 6.70. The molecule has 2 fully saturated rings. The molecule has 0 atom stereocenters. The fourth-order valence-corrected chi connectivity index (χ4v) is 3.29. The number of hydrogen-bond donors (Lipinski definition) is 0. The Morgan fingerprint density at radius 2 is 2.00 bits per heavy atom. The summed E-state index contributed by atoms with van der Waals surface area (Å²) in [6.45, 7) is 3.55. The van der Waals surface area contributed by atoms with Crippen molar-refractivity contribution in [1.29, 1.82) is 0 Å². The van der Waals surface area contributed by atoms with Crippen LogP contribution in [0.4, 0.5) is 0 Å². The van der Waals surface area contributed by atoms with Crippen molar-refractivity contribution in [2.75, 3.05) is 13.1 Å². The lowest BCUT2D eigenvalue weighted by Gasteiger charge is -2.31. The van der Waals surface area contributed by atoms with Crippen molar-refractivity contribution < 1.29 is 4.42 Å². The number of aromatic nitrogens is 3. The summed E-state index contributed by atoms with van der Waals surface area (Å²) >= 11 is 0. The molecule has 2 aromatic heterocycles. The molecule has 4 rings (SSSR count). The predicted octanol–water partition coefficient (Wildman–Crippen LogP) is 2.02. The molecule has 1 aliphatic heterocycles. The van der Waals surface area contributed by atoms with Gasteiger partial charge in [-0.25, -0.2) is 9.67 Å². The van der Waals surface area contributed by atoms with Crippen LogP contribution >= 0.6 is 0 Å². The van der Waals surface area contributed by atoms with Crippen LogP contribution < -0.4 is 5.56 Å². The molecule has 23 heavy (non-hydrogen) atoms. The highest BCUT2D eigenvalue weighted by molar-refractivity contribution is 5.12. The van der Waals surface area contributed by atoms with Crippen LogP contribution in [0.25, 0.3) is 0 Å². The molecule has 0 bridgehead atoms. The summed E-state index contributed by atoms with van der Waals surface area (Å²) in [7, 11) is 0. The topological polar surface area (TPSA) is 64.2 Å². The maximum absolute atomic E-state index is 12.0. The SMILES string of the molecule is O=c1ccc(C2CC2)nn1CC1CCN(Cc2ncco2)CC1. The lowest BCUT2D eigenvalue weighted by atomic mass is 9.97. The molecular weight excluding hydrogens is 292 g/mol. The van der Waals surface area contributed by atoms with E-state index in [1.54, 1.807) is 23.2 Å². The number of hydrogen-bond acceptors (Lipinski definition) is 5. The fraction of sp³-hybridized carbons (Fsp3) is 0.588. The van der Waals surface area contributed by atoms with E-state index in [4.69, 9.17) is 4.42 Å². The molecule has 0 radical (unpaired) electrons. The highest BCUT2D eigenvalue weighted by Crippen LogP contribution is 2.38. The lowest BCUT2D eigenvalue weighted by Crippen LogP contribution is -2.36. The average Bonchev–Trinajstić information content (AvgIpc) is 3.29. The first kappa shape index (κ1) is 14.6. The Labute approximate surface area is 135 Å². The molecule has 0 N–H and O–H groups in total. The summed E-state index contributed by atoms with van der Waals surface area (Å²) in [5.41, 5.74) is 1.11.